The van der Waals surface area contributed by atoms with Crippen LogP contribution in [0.15, 0.2) is 109 Å². The van der Waals surface area contributed by atoms with Crippen LogP contribution in [-0.2, 0) is 9.47 Å². The quantitative estimate of drug-likeness (QED) is 0.140. The van der Waals surface area contributed by atoms with Gasteiger partial charge in [-0.05, 0) is 30.7 Å². The molecule has 0 spiro atoms. The van der Waals surface area contributed by atoms with Gasteiger partial charge < -0.3 is 9.47 Å². The zero-order chi connectivity index (χ0) is 29.2. The predicted octanol–water partition coefficient (Wildman–Crippen LogP) is 6.97. The van der Waals surface area contributed by atoms with E-state index in [1.807, 2.05) is 26.0 Å². The number of ether oxygens (including phenoxy) is 2. The largest absolute Gasteiger partial charge is 0.461 e. The first-order valence-electron chi connectivity index (χ1n) is 13.5. The van der Waals surface area contributed by atoms with Crippen LogP contribution < -0.4 is 0 Å². The molecule has 0 saturated carbocycles. The summed E-state index contributed by atoms with van der Waals surface area (Å²) in [5.74, 6) is -1.28. The Bertz CT molecular complexity index is 1380. The second-order valence-electron chi connectivity index (χ2n) is 10.3. The molecule has 0 heterocycles. The van der Waals surface area contributed by atoms with Crippen LogP contribution in [0.4, 0.5) is 0 Å². The molecular formula is C35H32O6. The minimum absolute atomic E-state index is 0.0577. The Morgan fingerprint density at radius 3 is 1.17 bits per heavy atom. The molecule has 4 aromatic rings. The van der Waals surface area contributed by atoms with E-state index >= 15 is 0 Å². The number of ketones is 2. The zero-order valence-corrected chi connectivity index (χ0v) is 23.2. The Morgan fingerprint density at radius 1 is 0.512 bits per heavy atom. The number of hydrogen-bond donors (Lipinski definition) is 0. The van der Waals surface area contributed by atoms with Crippen molar-refractivity contribution in [3.63, 3.8) is 0 Å². The van der Waals surface area contributed by atoms with Crippen LogP contribution in [0.25, 0.3) is 0 Å². The van der Waals surface area contributed by atoms with Gasteiger partial charge in [0, 0.05) is 27.7 Å². The minimum atomic E-state index is -0.591. The molecular weight excluding hydrogens is 516 g/mol. The average molecular weight is 549 g/mol. The molecule has 208 valence electrons. The smallest absolute Gasteiger partial charge is 0.338 e. The monoisotopic (exact) mass is 548 g/mol. The van der Waals surface area contributed by atoms with Crippen molar-refractivity contribution in [1.29, 1.82) is 0 Å². The van der Waals surface area contributed by atoms with Crippen molar-refractivity contribution >= 4 is 23.5 Å². The highest BCUT2D eigenvalue weighted by Crippen LogP contribution is 2.26. The summed E-state index contributed by atoms with van der Waals surface area (Å²) in [5.41, 5.74) is 2.17. The number of carbonyl (C=O) groups excluding carboxylic acids is 4. The summed E-state index contributed by atoms with van der Waals surface area (Å²) >= 11 is 0. The van der Waals surface area contributed by atoms with E-state index < -0.39 is 17.4 Å². The van der Waals surface area contributed by atoms with Crippen molar-refractivity contribution in [3.05, 3.63) is 143 Å². The molecule has 6 heteroatoms. The Kier molecular flexibility index (Phi) is 9.59. The molecule has 0 aromatic heterocycles. The normalized spacial score (nSPS) is 11.0. The van der Waals surface area contributed by atoms with E-state index in [1.54, 1.807) is 97.1 Å². The second kappa shape index (κ2) is 13.5. The number of hydrogen-bond acceptors (Lipinski definition) is 6. The van der Waals surface area contributed by atoms with Crippen molar-refractivity contribution < 1.29 is 28.7 Å². The first-order chi connectivity index (χ1) is 19.8. The molecule has 0 aliphatic rings. The number of carbonyl (C=O) groups is 4. The molecule has 4 rings (SSSR count). The maximum atomic E-state index is 12.8. The van der Waals surface area contributed by atoms with Crippen LogP contribution in [0.5, 0.6) is 0 Å². The fourth-order valence-corrected chi connectivity index (χ4v) is 4.46. The topological polar surface area (TPSA) is 86.7 Å². The zero-order valence-electron chi connectivity index (χ0n) is 23.2. The van der Waals surface area contributed by atoms with Crippen LogP contribution in [-0.4, -0.2) is 36.7 Å². The van der Waals surface area contributed by atoms with E-state index in [0.29, 0.717) is 39.8 Å². The summed E-state index contributed by atoms with van der Waals surface area (Å²) in [7, 11) is 0. The maximum absolute atomic E-state index is 12.8. The van der Waals surface area contributed by atoms with Gasteiger partial charge in [0.05, 0.1) is 11.1 Å². The van der Waals surface area contributed by atoms with E-state index in [4.69, 9.17) is 9.47 Å². The molecule has 0 N–H and O–H groups in total. The molecule has 0 atom stereocenters. The van der Waals surface area contributed by atoms with Gasteiger partial charge in [0.2, 0.25) is 0 Å². The molecule has 0 saturated heterocycles. The van der Waals surface area contributed by atoms with Crippen LogP contribution in [0.1, 0.15) is 79.2 Å². The highest BCUT2D eigenvalue weighted by Gasteiger charge is 2.28. The summed E-state index contributed by atoms with van der Waals surface area (Å²) in [5, 5.41) is 0. The third kappa shape index (κ3) is 7.63. The SMILES string of the molecule is CCCC(C)(COC(=O)c1ccc(C(=O)c2ccccc2)cc1)COC(=O)c1ccc(C(=O)c2ccccc2)cc1. The summed E-state index contributed by atoms with van der Waals surface area (Å²) in [4.78, 5) is 50.7. The molecule has 0 aliphatic heterocycles. The molecule has 0 unspecified atom stereocenters. The highest BCUT2D eigenvalue weighted by atomic mass is 16.5. The lowest BCUT2D eigenvalue weighted by Gasteiger charge is -2.28. The summed E-state index contributed by atoms with van der Waals surface area (Å²) in [6, 6.07) is 30.6. The van der Waals surface area contributed by atoms with Gasteiger partial charge in [0.15, 0.2) is 11.6 Å². The number of benzene rings is 4. The van der Waals surface area contributed by atoms with E-state index in [0.717, 1.165) is 6.42 Å². The molecule has 0 aliphatic carbocycles. The van der Waals surface area contributed by atoms with Gasteiger partial charge in [-0.3, -0.25) is 9.59 Å². The summed E-state index contributed by atoms with van der Waals surface area (Å²) in [6.45, 7) is 4.03. The summed E-state index contributed by atoms with van der Waals surface area (Å²) in [6.07, 6.45) is 1.47. The molecule has 0 fully saturated rings. The van der Waals surface area contributed by atoms with Crippen molar-refractivity contribution in [2.45, 2.75) is 26.7 Å². The van der Waals surface area contributed by atoms with E-state index in [-0.39, 0.29) is 24.8 Å². The average Bonchev–Trinajstić information content (AvgIpc) is 3.03. The third-order valence-corrected chi connectivity index (χ3v) is 6.79. The number of rotatable bonds is 12. The van der Waals surface area contributed by atoms with E-state index in [9.17, 15) is 19.2 Å². The van der Waals surface area contributed by atoms with Crippen molar-refractivity contribution in [1.82, 2.24) is 0 Å². The van der Waals surface area contributed by atoms with E-state index in [2.05, 4.69) is 0 Å². The van der Waals surface area contributed by atoms with Gasteiger partial charge in [0.25, 0.3) is 0 Å². The Hall–Kier alpha value is -4.84. The predicted molar refractivity (Wildman–Crippen MR) is 156 cm³/mol. The van der Waals surface area contributed by atoms with Gasteiger partial charge in [-0.25, -0.2) is 9.59 Å². The lowest BCUT2D eigenvalue weighted by molar-refractivity contribution is -0.00245. The van der Waals surface area contributed by atoms with Gasteiger partial charge >= 0.3 is 11.9 Å². The maximum Gasteiger partial charge on any atom is 0.338 e. The summed E-state index contributed by atoms with van der Waals surface area (Å²) < 4.78 is 11.2. The van der Waals surface area contributed by atoms with Crippen LogP contribution in [0.3, 0.4) is 0 Å². The highest BCUT2D eigenvalue weighted by molar-refractivity contribution is 6.10. The Balaban J connectivity index is 1.32. The second-order valence-corrected chi connectivity index (χ2v) is 10.3. The van der Waals surface area contributed by atoms with Crippen LogP contribution in [0.2, 0.25) is 0 Å². The molecule has 0 radical (unpaired) electrons. The van der Waals surface area contributed by atoms with Crippen LogP contribution in [0, 0.1) is 5.41 Å². The van der Waals surface area contributed by atoms with Gasteiger partial charge in [-0.1, -0.05) is 105 Å². The molecule has 41 heavy (non-hydrogen) atoms. The fraction of sp³-hybridized carbons (Fsp3) is 0.200. The van der Waals surface area contributed by atoms with Gasteiger partial charge in [0.1, 0.15) is 13.2 Å². The Labute approximate surface area is 239 Å². The fourth-order valence-electron chi connectivity index (χ4n) is 4.46. The molecule has 6 nitrogen and oxygen atoms in total. The first-order valence-corrected chi connectivity index (χ1v) is 13.5. The number of esters is 2. The molecule has 0 amide bonds. The molecule has 0 bridgehead atoms. The standard InChI is InChI=1S/C35H32O6/c1-3-22-35(2,23-40-33(38)29-18-14-27(15-19-29)31(36)25-10-6-4-7-11-25)24-41-34(39)30-20-16-28(17-21-30)32(37)26-12-8-5-9-13-26/h4-21H,3,22-24H2,1-2H3. The lowest BCUT2D eigenvalue weighted by atomic mass is 9.87. The lowest BCUT2D eigenvalue weighted by Crippen LogP contribution is -2.31. The minimum Gasteiger partial charge on any atom is -0.461 e. The van der Waals surface area contributed by atoms with Crippen LogP contribution >= 0.6 is 0 Å². The van der Waals surface area contributed by atoms with Gasteiger partial charge in [-0.15, -0.1) is 0 Å². The van der Waals surface area contributed by atoms with Crippen molar-refractivity contribution in [2.75, 3.05) is 13.2 Å². The van der Waals surface area contributed by atoms with E-state index in [1.165, 1.54) is 0 Å². The van der Waals surface area contributed by atoms with Crippen molar-refractivity contribution in [3.8, 4) is 0 Å². The van der Waals surface area contributed by atoms with Crippen molar-refractivity contribution in [2.24, 2.45) is 5.41 Å². The first kappa shape index (κ1) is 29.2. The Morgan fingerprint density at radius 2 is 0.829 bits per heavy atom. The molecule has 4 aromatic carbocycles. The van der Waals surface area contributed by atoms with Gasteiger partial charge in [-0.2, -0.15) is 0 Å². The third-order valence-electron chi connectivity index (χ3n) is 6.79.